The zero-order valence-corrected chi connectivity index (χ0v) is 13.0. The van der Waals surface area contributed by atoms with Gasteiger partial charge in [0.25, 0.3) is 0 Å². The number of nitrogens with one attached hydrogen (secondary N) is 2. The minimum absolute atomic E-state index is 0.0722. The second-order valence-corrected chi connectivity index (χ2v) is 5.92. The van der Waals surface area contributed by atoms with Crippen molar-refractivity contribution < 1.29 is 9.90 Å². The summed E-state index contributed by atoms with van der Waals surface area (Å²) >= 11 is 0. The van der Waals surface area contributed by atoms with Gasteiger partial charge >= 0.3 is 6.03 Å². The molecule has 1 fully saturated rings. The number of aliphatic hydroxyl groups excluding tert-OH is 1. The van der Waals surface area contributed by atoms with E-state index in [1.165, 1.54) is 25.9 Å². The number of piperidine rings is 1. The first-order valence-corrected chi connectivity index (χ1v) is 8.03. The van der Waals surface area contributed by atoms with E-state index in [-0.39, 0.29) is 18.7 Å². The smallest absolute Gasteiger partial charge is 0.315 e. The minimum Gasteiger partial charge on any atom is -0.396 e. The largest absolute Gasteiger partial charge is 0.396 e. The maximum atomic E-state index is 11.7. The van der Waals surface area contributed by atoms with Gasteiger partial charge in [0.15, 0.2) is 0 Å². The summed E-state index contributed by atoms with van der Waals surface area (Å²) in [6.07, 6.45) is 5.11. The van der Waals surface area contributed by atoms with Crippen LogP contribution in [0.1, 0.15) is 46.0 Å². The van der Waals surface area contributed by atoms with Gasteiger partial charge in [0.2, 0.25) is 0 Å². The molecule has 1 saturated heterocycles. The average Bonchev–Trinajstić information content (AvgIpc) is 2.43. The molecule has 0 radical (unpaired) electrons. The molecule has 20 heavy (non-hydrogen) atoms. The molecule has 118 valence electrons. The van der Waals surface area contributed by atoms with Crippen LogP contribution in [-0.4, -0.2) is 54.9 Å². The van der Waals surface area contributed by atoms with Crippen molar-refractivity contribution in [3.05, 3.63) is 0 Å². The molecule has 5 nitrogen and oxygen atoms in total. The summed E-state index contributed by atoms with van der Waals surface area (Å²) in [6.45, 7) is 8.62. The minimum atomic E-state index is -0.114. The van der Waals surface area contributed by atoms with E-state index in [1.54, 1.807) is 0 Å². The van der Waals surface area contributed by atoms with Crippen molar-refractivity contribution in [1.82, 2.24) is 15.5 Å². The van der Waals surface area contributed by atoms with Crippen LogP contribution in [0, 0.1) is 5.92 Å². The second kappa shape index (κ2) is 10.00. The van der Waals surface area contributed by atoms with Gasteiger partial charge in [-0.3, -0.25) is 0 Å². The highest BCUT2D eigenvalue weighted by Crippen LogP contribution is 2.15. The Hall–Kier alpha value is -0.810. The van der Waals surface area contributed by atoms with E-state index in [0.717, 1.165) is 25.3 Å². The van der Waals surface area contributed by atoms with Crippen LogP contribution in [0.2, 0.25) is 0 Å². The summed E-state index contributed by atoms with van der Waals surface area (Å²) in [5, 5.41) is 14.7. The van der Waals surface area contributed by atoms with E-state index in [4.69, 9.17) is 5.11 Å². The molecule has 0 aromatic rings. The number of rotatable bonds is 8. The van der Waals surface area contributed by atoms with Gasteiger partial charge in [0, 0.05) is 25.7 Å². The van der Waals surface area contributed by atoms with Gasteiger partial charge in [-0.2, -0.15) is 0 Å². The number of amides is 2. The molecular formula is C15H31N3O2. The molecule has 0 aliphatic carbocycles. The van der Waals surface area contributed by atoms with Crippen molar-refractivity contribution in [3.8, 4) is 0 Å². The highest BCUT2D eigenvalue weighted by atomic mass is 16.3. The van der Waals surface area contributed by atoms with Crippen LogP contribution < -0.4 is 10.6 Å². The predicted octanol–water partition coefficient (Wildman–Crippen LogP) is 1.57. The Bertz CT molecular complexity index is 274. The van der Waals surface area contributed by atoms with Gasteiger partial charge in [0.05, 0.1) is 0 Å². The Kier molecular flexibility index (Phi) is 8.62. The summed E-state index contributed by atoms with van der Waals surface area (Å²) < 4.78 is 0. The lowest BCUT2D eigenvalue weighted by Gasteiger charge is -2.30. The van der Waals surface area contributed by atoms with Gasteiger partial charge < -0.3 is 20.6 Å². The van der Waals surface area contributed by atoms with Crippen molar-refractivity contribution in [2.45, 2.75) is 52.0 Å². The summed E-state index contributed by atoms with van der Waals surface area (Å²) in [4.78, 5) is 14.2. The second-order valence-electron chi connectivity index (χ2n) is 5.92. The SMILES string of the molecule is CCC(CCO)NC(=O)NCCCN1CCCC(C)C1. The molecule has 0 bridgehead atoms. The normalized spacial score (nSPS) is 21.4. The summed E-state index contributed by atoms with van der Waals surface area (Å²) in [7, 11) is 0. The first-order chi connectivity index (χ1) is 9.65. The fourth-order valence-corrected chi connectivity index (χ4v) is 2.76. The van der Waals surface area contributed by atoms with Gasteiger partial charge in [-0.15, -0.1) is 0 Å². The zero-order chi connectivity index (χ0) is 14.8. The number of urea groups is 1. The fraction of sp³-hybridized carbons (Fsp3) is 0.933. The lowest BCUT2D eigenvalue weighted by atomic mass is 10.0. The summed E-state index contributed by atoms with van der Waals surface area (Å²) in [6, 6.07) is -0.0414. The highest BCUT2D eigenvalue weighted by Gasteiger charge is 2.15. The lowest BCUT2D eigenvalue weighted by molar-refractivity contribution is 0.181. The molecule has 1 heterocycles. The van der Waals surface area contributed by atoms with Gasteiger partial charge in [-0.25, -0.2) is 4.79 Å². The quantitative estimate of drug-likeness (QED) is 0.593. The molecule has 2 amide bonds. The van der Waals surface area contributed by atoms with Crippen molar-refractivity contribution in [3.63, 3.8) is 0 Å². The van der Waals surface area contributed by atoms with E-state index in [2.05, 4.69) is 22.5 Å². The maximum Gasteiger partial charge on any atom is 0.315 e. The molecule has 0 spiro atoms. The molecule has 0 aromatic heterocycles. The molecule has 2 unspecified atom stereocenters. The Balaban J connectivity index is 2.06. The molecular weight excluding hydrogens is 254 g/mol. The third-order valence-electron chi connectivity index (χ3n) is 3.98. The van der Waals surface area contributed by atoms with Crippen LogP contribution in [0.3, 0.4) is 0 Å². The fourth-order valence-electron chi connectivity index (χ4n) is 2.76. The van der Waals surface area contributed by atoms with E-state index in [0.29, 0.717) is 13.0 Å². The number of hydrogen-bond donors (Lipinski definition) is 3. The molecule has 1 aliphatic heterocycles. The van der Waals surface area contributed by atoms with Gasteiger partial charge in [-0.05, 0) is 51.1 Å². The third kappa shape index (κ3) is 7.10. The Morgan fingerprint density at radius 3 is 2.95 bits per heavy atom. The number of hydrogen-bond acceptors (Lipinski definition) is 3. The van der Waals surface area contributed by atoms with Crippen LogP contribution in [0.4, 0.5) is 4.79 Å². The topological polar surface area (TPSA) is 64.6 Å². The van der Waals surface area contributed by atoms with Crippen molar-refractivity contribution in [1.29, 1.82) is 0 Å². The molecule has 2 atom stereocenters. The summed E-state index contributed by atoms with van der Waals surface area (Å²) in [5.74, 6) is 0.809. The predicted molar refractivity (Wildman–Crippen MR) is 81.8 cm³/mol. The van der Waals surface area contributed by atoms with Crippen molar-refractivity contribution >= 4 is 6.03 Å². The number of aliphatic hydroxyl groups is 1. The van der Waals surface area contributed by atoms with Crippen LogP contribution in [0.5, 0.6) is 0 Å². The Labute approximate surface area is 123 Å². The Morgan fingerprint density at radius 1 is 1.50 bits per heavy atom. The summed E-state index contributed by atoms with van der Waals surface area (Å²) in [5.41, 5.74) is 0. The van der Waals surface area contributed by atoms with Gasteiger partial charge in [-0.1, -0.05) is 13.8 Å². The maximum absolute atomic E-state index is 11.7. The first-order valence-electron chi connectivity index (χ1n) is 8.03. The van der Waals surface area contributed by atoms with Crippen molar-refractivity contribution in [2.24, 2.45) is 5.92 Å². The molecule has 5 heteroatoms. The van der Waals surface area contributed by atoms with E-state index >= 15 is 0 Å². The number of likely N-dealkylation sites (tertiary alicyclic amines) is 1. The standard InChI is InChI=1S/C15H31N3O2/c1-3-14(7-11-19)17-15(20)16-8-5-10-18-9-4-6-13(2)12-18/h13-14,19H,3-12H2,1-2H3,(H2,16,17,20). The monoisotopic (exact) mass is 285 g/mol. The van der Waals surface area contributed by atoms with E-state index in [9.17, 15) is 4.79 Å². The van der Waals surface area contributed by atoms with Crippen LogP contribution >= 0.6 is 0 Å². The Morgan fingerprint density at radius 2 is 2.30 bits per heavy atom. The lowest BCUT2D eigenvalue weighted by Crippen LogP contribution is -2.43. The van der Waals surface area contributed by atoms with Crippen molar-refractivity contribution in [2.75, 3.05) is 32.8 Å². The molecule has 1 rings (SSSR count). The number of carbonyl (C=O) groups is 1. The highest BCUT2D eigenvalue weighted by molar-refractivity contribution is 5.74. The van der Waals surface area contributed by atoms with Crippen LogP contribution in [0.15, 0.2) is 0 Å². The average molecular weight is 285 g/mol. The van der Waals surface area contributed by atoms with Crippen LogP contribution in [-0.2, 0) is 0 Å². The number of nitrogens with zero attached hydrogens (tertiary/aromatic N) is 1. The zero-order valence-electron chi connectivity index (χ0n) is 13.0. The van der Waals surface area contributed by atoms with Crippen LogP contribution in [0.25, 0.3) is 0 Å². The first kappa shape index (κ1) is 17.2. The molecule has 0 aromatic carbocycles. The number of carbonyl (C=O) groups excluding carboxylic acids is 1. The molecule has 1 aliphatic rings. The van der Waals surface area contributed by atoms with Gasteiger partial charge in [0.1, 0.15) is 0 Å². The van der Waals surface area contributed by atoms with E-state index in [1.807, 2.05) is 6.92 Å². The van der Waals surface area contributed by atoms with E-state index < -0.39 is 0 Å². The molecule has 3 N–H and O–H groups in total. The third-order valence-corrected chi connectivity index (χ3v) is 3.98. The molecule has 0 saturated carbocycles.